The summed E-state index contributed by atoms with van der Waals surface area (Å²) in [5.74, 6) is -2.81. The molecule has 5 heteroatoms. The topological polar surface area (TPSA) is 74.6 Å². The number of halogens is 1. The van der Waals surface area contributed by atoms with E-state index in [9.17, 15) is 19.8 Å². The Labute approximate surface area is 121 Å². The van der Waals surface area contributed by atoms with Crippen LogP contribution in [-0.4, -0.2) is 22.2 Å². The molecule has 0 spiro atoms. The molecule has 3 rings (SSSR count). The van der Waals surface area contributed by atoms with E-state index in [-0.39, 0.29) is 5.92 Å². The molecule has 2 N–H and O–H groups in total. The van der Waals surface area contributed by atoms with Crippen LogP contribution in [0.25, 0.3) is 0 Å². The third kappa shape index (κ3) is 1.82. The van der Waals surface area contributed by atoms with E-state index < -0.39 is 29.2 Å². The molecule has 2 aliphatic rings. The van der Waals surface area contributed by atoms with Crippen LogP contribution in [0.15, 0.2) is 24.3 Å². The molecule has 4 unspecified atom stereocenters. The summed E-state index contributed by atoms with van der Waals surface area (Å²) in [7, 11) is 0. The Morgan fingerprint density at radius 3 is 2.30 bits per heavy atom. The Morgan fingerprint density at radius 2 is 1.80 bits per heavy atom. The molecule has 106 valence electrons. The first-order chi connectivity index (χ1) is 9.46. The standard InChI is InChI=1S/C15H15ClO4/c16-9-3-1-8(2-4-9)7-15-10(12(15)14(19)20)5-6-11(15)13(17)18/h1-4,10-12H,5-7H2,(H,17,18)(H,19,20). The average Bonchev–Trinajstić information content (AvgIpc) is 2.86. The smallest absolute Gasteiger partial charge is 0.307 e. The lowest BCUT2D eigenvalue weighted by Gasteiger charge is -2.21. The summed E-state index contributed by atoms with van der Waals surface area (Å²) in [4.78, 5) is 22.8. The molecule has 2 fully saturated rings. The Kier molecular flexibility index (Phi) is 3.01. The highest BCUT2D eigenvalue weighted by Crippen LogP contribution is 2.72. The van der Waals surface area contributed by atoms with E-state index in [1.165, 1.54) is 0 Å². The summed E-state index contributed by atoms with van der Waals surface area (Å²) in [6.07, 6.45) is 1.78. The van der Waals surface area contributed by atoms with Gasteiger partial charge in [-0.3, -0.25) is 9.59 Å². The average molecular weight is 295 g/mol. The van der Waals surface area contributed by atoms with Crippen LogP contribution < -0.4 is 0 Å². The van der Waals surface area contributed by atoms with Crippen molar-refractivity contribution in [2.75, 3.05) is 0 Å². The van der Waals surface area contributed by atoms with Crippen molar-refractivity contribution in [3.8, 4) is 0 Å². The van der Waals surface area contributed by atoms with Gasteiger partial charge in [-0.25, -0.2) is 0 Å². The fourth-order valence-corrected chi connectivity index (χ4v) is 4.27. The Bertz CT molecular complexity index is 568. The van der Waals surface area contributed by atoms with Gasteiger partial charge in [0.1, 0.15) is 0 Å². The molecule has 20 heavy (non-hydrogen) atoms. The van der Waals surface area contributed by atoms with Crippen molar-refractivity contribution in [1.29, 1.82) is 0 Å². The van der Waals surface area contributed by atoms with Crippen molar-refractivity contribution in [2.24, 2.45) is 23.2 Å². The first kappa shape index (κ1) is 13.4. The molecule has 4 nitrogen and oxygen atoms in total. The van der Waals surface area contributed by atoms with Crippen molar-refractivity contribution >= 4 is 23.5 Å². The summed E-state index contributed by atoms with van der Waals surface area (Å²) in [6, 6.07) is 7.21. The number of hydrogen-bond donors (Lipinski definition) is 2. The van der Waals surface area contributed by atoms with Crippen LogP contribution in [0.5, 0.6) is 0 Å². The Hall–Kier alpha value is -1.55. The second-order valence-electron chi connectivity index (χ2n) is 5.81. The van der Waals surface area contributed by atoms with Crippen molar-refractivity contribution < 1.29 is 19.8 Å². The molecular weight excluding hydrogens is 280 g/mol. The second kappa shape index (κ2) is 4.48. The van der Waals surface area contributed by atoms with E-state index in [0.29, 0.717) is 24.3 Å². The summed E-state index contributed by atoms with van der Waals surface area (Å²) in [5.41, 5.74) is 0.349. The van der Waals surface area contributed by atoms with Crippen molar-refractivity contribution in [2.45, 2.75) is 19.3 Å². The number of carboxylic acid groups (broad SMARTS) is 2. The maximum Gasteiger partial charge on any atom is 0.307 e. The summed E-state index contributed by atoms with van der Waals surface area (Å²) in [6.45, 7) is 0. The largest absolute Gasteiger partial charge is 0.481 e. The van der Waals surface area contributed by atoms with E-state index in [4.69, 9.17) is 11.6 Å². The van der Waals surface area contributed by atoms with Gasteiger partial charge in [0.25, 0.3) is 0 Å². The third-order valence-electron chi connectivity index (χ3n) is 4.97. The zero-order chi connectivity index (χ0) is 14.5. The molecule has 0 saturated heterocycles. The van der Waals surface area contributed by atoms with Crippen LogP contribution in [-0.2, 0) is 16.0 Å². The summed E-state index contributed by atoms with van der Waals surface area (Å²) < 4.78 is 0. The van der Waals surface area contributed by atoms with E-state index in [1.807, 2.05) is 12.1 Å². The highest BCUT2D eigenvalue weighted by molar-refractivity contribution is 6.30. The number of hydrogen-bond acceptors (Lipinski definition) is 2. The molecule has 0 aromatic heterocycles. The van der Waals surface area contributed by atoms with Gasteiger partial charge in [-0.15, -0.1) is 0 Å². The zero-order valence-electron chi connectivity index (χ0n) is 10.8. The Balaban J connectivity index is 1.92. The number of aliphatic carboxylic acids is 2. The molecule has 2 aliphatic carbocycles. The van der Waals surface area contributed by atoms with Crippen LogP contribution in [0.2, 0.25) is 5.02 Å². The maximum atomic E-state index is 11.4. The van der Waals surface area contributed by atoms with E-state index >= 15 is 0 Å². The number of rotatable bonds is 4. The second-order valence-corrected chi connectivity index (χ2v) is 6.24. The van der Waals surface area contributed by atoms with Gasteiger partial charge in [0.05, 0.1) is 11.8 Å². The first-order valence-corrected chi connectivity index (χ1v) is 7.04. The highest BCUT2D eigenvalue weighted by Gasteiger charge is 2.75. The lowest BCUT2D eigenvalue weighted by molar-refractivity contribution is -0.146. The molecule has 1 aromatic rings. The van der Waals surface area contributed by atoms with Gasteiger partial charge in [0.2, 0.25) is 0 Å². The molecule has 0 heterocycles. The van der Waals surface area contributed by atoms with E-state index in [2.05, 4.69) is 0 Å². The molecule has 1 aromatic carbocycles. The SMILES string of the molecule is O=C(O)C1CCC2C(C(=O)O)C12Cc1ccc(Cl)cc1. The van der Waals surface area contributed by atoms with Gasteiger partial charge < -0.3 is 10.2 Å². The van der Waals surface area contributed by atoms with Gasteiger partial charge in [-0.2, -0.15) is 0 Å². The lowest BCUT2D eigenvalue weighted by atomic mass is 9.82. The highest BCUT2D eigenvalue weighted by atomic mass is 35.5. The summed E-state index contributed by atoms with van der Waals surface area (Å²) >= 11 is 5.84. The van der Waals surface area contributed by atoms with Crippen LogP contribution in [0, 0.1) is 23.2 Å². The van der Waals surface area contributed by atoms with Crippen LogP contribution >= 0.6 is 11.6 Å². The molecule has 0 bridgehead atoms. The van der Waals surface area contributed by atoms with Crippen molar-refractivity contribution in [1.82, 2.24) is 0 Å². The van der Waals surface area contributed by atoms with Gasteiger partial charge in [-0.1, -0.05) is 23.7 Å². The Morgan fingerprint density at radius 1 is 1.15 bits per heavy atom. The van der Waals surface area contributed by atoms with Crippen molar-refractivity contribution in [3.63, 3.8) is 0 Å². The fraction of sp³-hybridized carbons (Fsp3) is 0.467. The monoisotopic (exact) mass is 294 g/mol. The maximum absolute atomic E-state index is 11.4. The normalized spacial score (nSPS) is 34.5. The van der Waals surface area contributed by atoms with E-state index in [1.54, 1.807) is 12.1 Å². The van der Waals surface area contributed by atoms with Crippen molar-refractivity contribution in [3.05, 3.63) is 34.9 Å². The lowest BCUT2D eigenvalue weighted by Crippen LogP contribution is -2.28. The molecule has 0 aliphatic heterocycles. The third-order valence-corrected chi connectivity index (χ3v) is 5.22. The first-order valence-electron chi connectivity index (χ1n) is 6.67. The molecule has 0 amide bonds. The molecule has 4 atom stereocenters. The van der Waals surface area contributed by atoms with Gasteiger partial charge in [0.15, 0.2) is 0 Å². The number of benzene rings is 1. The van der Waals surface area contributed by atoms with Gasteiger partial charge >= 0.3 is 11.9 Å². The number of fused-ring (bicyclic) bond motifs is 1. The minimum absolute atomic E-state index is 0.00298. The zero-order valence-corrected chi connectivity index (χ0v) is 11.5. The molecule has 0 radical (unpaired) electrons. The minimum atomic E-state index is -0.870. The van der Waals surface area contributed by atoms with Crippen LogP contribution in [0.4, 0.5) is 0 Å². The fourth-order valence-electron chi connectivity index (χ4n) is 4.14. The van der Waals surface area contributed by atoms with Gasteiger partial charge in [-0.05, 0) is 42.9 Å². The number of carbonyl (C=O) groups is 2. The van der Waals surface area contributed by atoms with Crippen LogP contribution in [0.1, 0.15) is 18.4 Å². The predicted octanol–water partition coefficient (Wildman–Crippen LogP) is 2.69. The minimum Gasteiger partial charge on any atom is -0.481 e. The van der Waals surface area contributed by atoms with Crippen LogP contribution in [0.3, 0.4) is 0 Å². The predicted molar refractivity (Wildman–Crippen MR) is 72.6 cm³/mol. The van der Waals surface area contributed by atoms with Gasteiger partial charge in [0, 0.05) is 10.4 Å². The molecule has 2 saturated carbocycles. The summed E-state index contributed by atoms with van der Waals surface area (Å²) in [5, 5.41) is 19.3. The quantitative estimate of drug-likeness (QED) is 0.895. The van der Waals surface area contributed by atoms with E-state index in [0.717, 1.165) is 5.56 Å². The molecular formula is C15H15ClO4. The number of carboxylic acids is 2.